The predicted octanol–water partition coefficient (Wildman–Crippen LogP) is 0.855. The van der Waals surface area contributed by atoms with Crippen LogP contribution in [0, 0.1) is 17.8 Å². The minimum absolute atomic E-state index is 0.0567. The maximum atomic E-state index is 12.9. The number of piperazine rings is 1. The van der Waals surface area contributed by atoms with Gasteiger partial charge in [0.15, 0.2) is 11.9 Å². The van der Waals surface area contributed by atoms with Gasteiger partial charge in [-0.1, -0.05) is 13.3 Å². The largest absolute Gasteiger partial charge is 0.468 e. The van der Waals surface area contributed by atoms with Crippen molar-refractivity contribution in [1.29, 1.82) is 0 Å². The SMILES string of the molecule is COC(=O)CN1CCN(CC(=O)NC2OC3OC4(C)CCC5CCCC(C2C)C53OO4)CC1. The van der Waals surface area contributed by atoms with E-state index in [2.05, 4.69) is 17.1 Å². The van der Waals surface area contributed by atoms with E-state index in [4.69, 9.17) is 24.0 Å². The van der Waals surface area contributed by atoms with Gasteiger partial charge in [-0.05, 0) is 32.1 Å². The van der Waals surface area contributed by atoms with Crippen molar-refractivity contribution in [2.24, 2.45) is 17.8 Å². The van der Waals surface area contributed by atoms with Crippen LogP contribution in [0.4, 0.5) is 0 Å². The lowest BCUT2D eigenvalue weighted by molar-refractivity contribution is -0.570. The summed E-state index contributed by atoms with van der Waals surface area (Å²) < 4.78 is 17.5. The van der Waals surface area contributed by atoms with Crippen LogP contribution in [0.3, 0.4) is 0 Å². The molecule has 1 N–H and O–H groups in total. The first-order chi connectivity index (χ1) is 15.8. The molecule has 10 heteroatoms. The molecule has 1 aliphatic carbocycles. The van der Waals surface area contributed by atoms with E-state index in [0.29, 0.717) is 19.0 Å². The average molecular weight is 468 g/mol. The maximum Gasteiger partial charge on any atom is 0.319 e. The number of hydrogen-bond acceptors (Lipinski definition) is 9. The van der Waals surface area contributed by atoms with Crippen LogP contribution in [0.25, 0.3) is 0 Å². The van der Waals surface area contributed by atoms with Gasteiger partial charge >= 0.3 is 5.97 Å². The molecule has 33 heavy (non-hydrogen) atoms. The first-order valence-electron chi connectivity index (χ1n) is 12.3. The number of esters is 1. The highest BCUT2D eigenvalue weighted by molar-refractivity contribution is 5.78. The van der Waals surface area contributed by atoms with Crippen molar-refractivity contribution in [1.82, 2.24) is 15.1 Å². The summed E-state index contributed by atoms with van der Waals surface area (Å²) in [6.07, 6.45) is 4.05. The zero-order valence-corrected chi connectivity index (χ0v) is 19.9. The second-order valence-electron chi connectivity index (χ2n) is 10.5. The normalized spacial score (nSPS) is 43.4. The number of hydrogen-bond donors (Lipinski definition) is 1. The summed E-state index contributed by atoms with van der Waals surface area (Å²) in [5, 5.41) is 3.13. The zero-order chi connectivity index (χ0) is 23.2. The van der Waals surface area contributed by atoms with Gasteiger partial charge in [-0.2, -0.15) is 0 Å². The molecular weight excluding hydrogens is 430 g/mol. The van der Waals surface area contributed by atoms with Crippen LogP contribution in [-0.2, 0) is 33.6 Å². The number of carbonyl (C=O) groups is 2. The maximum absolute atomic E-state index is 12.9. The Morgan fingerprint density at radius 2 is 1.79 bits per heavy atom. The van der Waals surface area contributed by atoms with Crippen molar-refractivity contribution >= 4 is 11.9 Å². The van der Waals surface area contributed by atoms with Crippen molar-refractivity contribution in [2.45, 2.75) is 69.9 Å². The van der Waals surface area contributed by atoms with Crippen LogP contribution in [0.2, 0.25) is 0 Å². The van der Waals surface area contributed by atoms with E-state index < -0.39 is 23.9 Å². The summed E-state index contributed by atoms with van der Waals surface area (Å²) in [6.45, 7) is 7.56. The molecule has 0 aromatic rings. The summed E-state index contributed by atoms with van der Waals surface area (Å²) in [5.41, 5.74) is -0.592. The first kappa shape index (κ1) is 23.4. The van der Waals surface area contributed by atoms with E-state index in [0.717, 1.165) is 58.3 Å². The highest BCUT2D eigenvalue weighted by atomic mass is 17.3. The van der Waals surface area contributed by atoms with E-state index in [-0.39, 0.29) is 23.7 Å². The lowest BCUT2D eigenvalue weighted by Gasteiger charge is -2.59. The molecule has 7 unspecified atom stereocenters. The van der Waals surface area contributed by atoms with Gasteiger partial charge < -0.3 is 19.5 Å². The highest BCUT2D eigenvalue weighted by Crippen LogP contribution is 2.58. The Morgan fingerprint density at radius 1 is 1.06 bits per heavy atom. The summed E-state index contributed by atoms with van der Waals surface area (Å²) in [4.78, 5) is 40.5. The molecule has 1 spiro atoms. The van der Waals surface area contributed by atoms with Crippen LogP contribution in [-0.4, -0.2) is 92.0 Å². The van der Waals surface area contributed by atoms with Gasteiger partial charge in [0.1, 0.15) is 6.23 Å². The second-order valence-corrected chi connectivity index (χ2v) is 10.5. The number of ether oxygens (including phenoxy) is 3. The predicted molar refractivity (Wildman–Crippen MR) is 115 cm³/mol. The molecule has 0 aromatic heterocycles. The van der Waals surface area contributed by atoms with Gasteiger partial charge in [0.05, 0.1) is 20.2 Å². The first-order valence-corrected chi connectivity index (χ1v) is 12.3. The fourth-order valence-corrected chi connectivity index (χ4v) is 6.48. The van der Waals surface area contributed by atoms with Gasteiger partial charge in [-0.25, -0.2) is 9.78 Å². The van der Waals surface area contributed by atoms with E-state index in [1.165, 1.54) is 7.11 Å². The summed E-state index contributed by atoms with van der Waals surface area (Å²) >= 11 is 0. The third-order valence-electron chi connectivity index (χ3n) is 8.42. The topological polar surface area (TPSA) is 98.8 Å². The molecule has 10 nitrogen and oxygen atoms in total. The quantitative estimate of drug-likeness (QED) is 0.466. The molecular formula is C23H37N3O7. The van der Waals surface area contributed by atoms with Crippen molar-refractivity contribution in [2.75, 3.05) is 46.4 Å². The molecule has 186 valence electrons. The summed E-state index contributed by atoms with van der Waals surface area (Å²) in [5.74, 6) is -0.476. The fraction of sp³-hybridized carbons (Fsp3) is 0.913. The third kappa shape index (κ3) is 4.30. The third-order valence-corrected chi connectivity index (χ3v) is 8.42. The molecule has 7 atom stereocenters. The molecule has 1 saturated carbocycles. The van der Waals surface area contributed by atoms with Crippen LogP contribution in [0.15, 0.2) is 0 Å². The molecule has 2 bridgehead atoms. The smallest absolute Gasteiger partial charge is 0.319 e. The van der Waals surface area contributed by atoms with E-state index in [1.807, 2.05) is 11.8 Å². The van der Waals surface area contributed by atoms with Gasteiger partial charge in [-0.15, -0.1) is 0 Å². The van der Waals surface area contributed by atoms with E-state index in [1.54, 1.807) is 0 Å². The summed E-state index contributed by atoms with van der Waals surface area (Å²) in [6, 6.07) is 0. The van der Waals surface area contributed by atoms with Crippen molar-refractivity contribution in [3.63, 3.8) is 0 Å². The van der Waals surface area contributed by atoms with Gasteiger partial charge in [0, 0.05) is 44.4 Å². The zero-order valence-electron chi connectivity index (χ0n) is 19.9. The number of fused-ring (bicyclic) bond motifs is 2. The van der Waals surface area contributed by atoms with E-state index in [9.17, 15) is 9.59 Å². The number of nitrogens with one attached hydrogen (secondary N) is 1. The minimum Gasteiger partial charge on any atom is -0.468 e. The Bertz CT molecular complexity index is 760. The van der Waals surface area contributed by atoms with Gasteiger partial charge in [0.25, 0.3) is 0 Å². The van der Waals surface area contributed by atoms with Crippen molar-refractivity contribution < 1.29 is 33.6 Å². The van der Waals surface area contributed by atoms with E-state index >= 15 is 0 Å². The minimum atomic E-state index is -0.809. The molecule has 6 rings (SSSR count). The molecule has 6 fully saturated rings. The number of rotatable bonds is 5. The average Bonchev–Trinajstić information content (AvgIpc) is 3.03. The Morgan fingerprint density at radius 3 is 2.52 bits per heavy atom. The Labute approximate surface area is 195 Å². The Kier molecular flexibility index (Phi) is 6.43. The Hall–Kier alpha value is -1.30. The monoisotopic (exact) mass is 467 g/mol. The lowest BCUT2D eigenvalue weighted by atomic mass is 9.61. The number of amides is 1. The molecule has 6 aliphatic rings. The molecule has 5 aliphatic heterocycles. The van der Waals surface area contributed by atoms with Crippen molar-refractivity contribution in [3.8, 4) is 0 Å². The lowest BCUT2D eigenvalue weighted by Crippen LogP contribution is -2.71. The van der Waals surface area contributed by atoms with Crippen LogP contribution in [0.5, 0.6) is 0 Å². The fourth-order valence-electron chi connectivity index (χ4n) is 6.48. The number of carbonyl (C=O) groups excluding carboxylic acids is 2. The highest BCUT2D eigenvalue weighted by Gasteiger charge is 2.68. The van der Waals surface area contributed by atoms with Crippen LogP contribution < -0.4 is 5.32 Å². The summed E-state index contributed by atoms with van der Waals surface area (Å²) in [7, 11) is 1.40. The molecule has 1 amide bonds. The van der Waals surface area contributed by atoms with Gasteiger partial charge in [0.2, 0.25) is 11.7 Å². The molecule has 0 aromatic carbocycles. The standard InChI is InChI=1S/C23H37N3O7/c1-15-17-6-4-5-16-7-8-22(2)31-21(23(16,17)33-32-22)30-20(15)24-18(27)13-25-9-11-26(12-10-25)14-19(28)29-3/h15-17,20-21H,4-14H2,1-3H3,(H,24,27). The van der Waals surface area contributed by atoms with Gasteiger partial charge in [-0.3, -0.25) is 19.4 Å². The second kappa shape index (κ2) is 9.05. The number of methoxy groups -OCH3 is 1. The van der Waals surface area contributed by atoms with Crippen LogP contribution in [0.1, 0.15) is 46.0 Å². The van der Waals surface area contributed by atoms with Crippen molar-refractivity contribution in [3.05, 3.63) is 0 Å². The molecule has 0 radical (unpaired) electrons. The molecule has 5 saturated heterocycles. The van der Waals surface area contributed by atoms with Crippen LogP contribution >= 0.6 is 0 Å². The molecule has 5 heterocycles. The Balaban J connectivity index is 1.20. The number of nitrogens with zero attached hydrogens (tertiary/aromatic N) is 2.